The van der Waals surface area contributed by atoms with E-state index in [1.54, 1.807) is 0 Å². The van der Waals surface area contributed by atoms with Crippen molar-refractivity contribution in [3.8, 4) is 0 Å². The molecule has 2 amide bonds. The number of carboxylic acids is 1. The molecular formula is C19H31N5O4. The van der Waals surface area contributed by atoms with Gasteiger partial charge in [0.2, 0.25) is 0 Å². The third kappa shape index (κ3) is 5.02. The Kier molecular flexibility index (Phi) is 6.56. The summed E-state index contributed by atoms with van der Waals surface area (Å²) >= 11 is 0. The van der Waals surface area contributed by atoms with E-state index in [9.17, 15) is 9.59 Å². The van der Waals surface area contributed by atoms with Crippen LogP contribution in [0.5, 0.6) is 0 Å². The van der Waals surface area contributed by atoms with E-state index in [1.165, 1.54) is 0 Å². The molecule has 0 aromatic carbocycles. The van der Waals surface area contributed by atoms with Crippen molar-refractivity contribution >= 4 is 12.0 Å². The molecular weight excluding hydrogens is 362 g/mol. The molecule has 2 N–H and O–H groups in total. The van der Waals surface area contributed by atoms with Gasteiger partial charge in [0.25, 0.3) is 0 Å². The molecule has 3 rings (SSSR count). The van der Waals surface area contributed by atoms with Gasteiger partial charge >= 0.3 is 12.0 Å². The van der Waals surface area contributed by atoms with Gasteiger partial charge in [-0.1, -0.05) is 6.92 Å². The molecule has 1 saturated heterocycles. The Morgan fingerprint density at radius 2 is 2.14 bits per heavy atom. The number of likely N-dealkylation sites (N-methyl/N-ethyl adjacent to an activating group) is 1. The van der Waals surface area contributed by atoms with Crippen LogP contribution < -0.4 is 5.32 Å². The first-order valence-electron chi connectivity index (χ1n) is 9.99. The number of carbonyl (C=O) groups excluding carboxylic acids is 1. The molecule has 1 aromatic rings. The summed E-state index contributed by atoms with van der Waals surface area (Å²) in [7, 11) is 0. The van der Waals surface area contributed by atoms with Gasteiger partial charge in [0.15, 0.2) is 0 Å². The van der Waals surface area contributed by atoms with Crippen molar-refractivity contribution in [2.75, 3.05) is 32.8 Å². The second-order valence-electron chi connectivity index (χ2n) is 7.78. The number of aryl methyl sites for hydroxylation is 2. The summed E-state index contributed by atoms with van der Waals surface area (Å²) in [5.74, 6) is -0.809. The summed E-state index contributed by atoms with van der Waals surface area (Å²) in [6.45, 7) is 8.98. The van der Waals surface area contributed by atoms with Crippen LogP contribution in [0.25, 0.3) is 0 Å². The van der Waals surface area contributed by atoms with Crippen LogP contribution in [0.4, 0.5) is 4.79 Å². The Labute approximate surface area is 165 Å². The highest BCUT2D eigenvalue weighted by molar-refractivity contribution is 5.74. The fraction of sp³-hybridized carbons (Fsp3) is 0.737. The van der Waals surface area contributed by atoms with Crippen LogP contribution in [-0.2, 0) is 16.1 Å². The van der Waals surface area contributed by atoms with Gasteiger partial charge in [0.05, 0.1) is 38.0 Å². The molecule has 9 heteroatoms. The van der Waals surface area contributed by atoms with Crippen LogP contribution in [-0.4, -0.2) is 87.7 Å². The van der Waals surface area contributed by atoms with E-state index in [4.69, 9.17) is 9.84 Å². The Hall–Kier alpha value is -2.13. The lowest BCUT2D eigenvalue weighted by Gasteiger charge is -2.43. The van der Waals surface area contributed by atoms with E-state index < -0.39 is 5.97 Å². The first-order valence-corrected chi connectivity index (χ1v) is 9.99. The van der Waals surface area contributed by atoms with Crippen molar-refractivity contribution in [3.63, 3.8) is 0 Å². The molecule has 1 unspecified atom stereocenters. The van der Waals surface area contributed by atoms with Gasteiger partial charge in [0.1, 0.15) is 0 Å². The number of rotatable bonds is 7. The number of hydrogen-bond donors (Lipinski definition) is 2. The van der Waals surface area contributed by atoms with Crippen molar-refractivity contribution in [1.82, 2.24) is 24.9 Å². The predicted octanol–water partition coefficient (Wildman–Crippen LogP) is 0.848. The Morgan fingerprint density at radius 3 is 2.75 bits per heavy atom. The highest BCUT2D eigenvalue weighted by Gasteiger charge is 2.36. The average Bonchev–Trinajstić information content (AvgIpc) is 2.93. The minimum absolute atomic E-state index is 0.0549. The summed E-state index contributed by atoms with van der Waals surface area (Å²) in [5, 5.41) is 16.5. The maximum absolute atomic E-state index is 12.6. The highest BCUT2D eigenvalue weighted by atomic mass is 16.5. The van der Waals surface area contributed by atoms with E-state index in [-0.39, 0.29) is 30.8 Å². The van der Waals surface area contributed by atoms with E-state index in [2.05, 4.69) is 10.4 Å². The zero-order valence-corrected chi connectivity index (χ0v) is 16.9. The number of morpholine rings is 1. The maximum Gasteiger partial charge on any atom is 0.317 e. The molecule has 0 spiro atoms. The molecule has 0 radical (unpaired) electrons. The van der Waals surface area contributed by atoms with Gasteiger partial charge < -0.3 is 20.1 Å². The first kappa shape index (κ1) is 20.6. The molecule has 1 aliphatic heterocycles. The molecule has 156 valence electrons. The minimum Gasteiger partial charge on any atom is -0.480 e. The van der Waals surface area contributed by atoms with E-state index in [1.807, 2.05) is 41.3 Å². The van der Waals surface area contributed by atoms with Crippen LogP contribution in [0.2, 0.25) is 0 Å². The molecule has 1 aromatic heterocycles. The molecule has 1 aliphatic carbocycles. The smallest absolute Gasteiger partial charge is 0.317 e. The molecule has 2 aliphatic rings. The number of aliphatic carboxylic acids is 1. The topological polar surface area (TPSA) is 99.9 Å². The lowest BCUT2D eigenvalue weighted by molar-refractivity contribution is -0.139. The van der Waals surface area contributed by atoms with Crippen molar-refractivity contribution in [1.29, 1.82) is 0 Å². The van der Waals surface area contributed by atoms with Gasteiger partial charge in [-0.25, -0.2) is 4.79 Å². The Balaban J connectivity index is 1.45. The number of amides is 2. The number of carbonyl (C=O) groups is 2. The number of carboxylic acid groups (broad SMARTS) is 1. The normalized spacial score (nSPS) is 24.9. The summed E-state index contributed by atoms with van der Waals surface area (Å²) in [4.78, 5) is 27.3. The number of nitrogens with zero attached hydrogens (tertiary/aromatic N) is 4. The van der Waals surface area contributed by atoms with E-state index >= 15 is 0 Å². The lowest BCUT2D eigenvalue weighted by atomic mass is 9.85. The van der Waals surface area contributed by atoms with Crippen molar-refractivity contribution in [2.24, 2.45) is 0 Å². The van der Waals surface area contributed by atoms with Crippen LogP contribution in [0.1, 0.15) is 31.2 Å². The number of hydrogen-bond acceptors (Lipinski definition) is 5. The number of ether oxygens (including phenoxy) is 1. The van der Waals surface area contributed by atoms with Crippen molar-refractivity contribution < 1.29 is 19.4 Å². The average molecular weight is 393 g/mol. The summed E-state index contributed by atoms with van der Waals surface area (Å²) in [5.41, 5.74) is 2.07. The van der Waals surface area contributed by atoms with Crippen LogP contribution >= 0.6 is 0 Å². The van der Waals surface area contributed by atoms with E-state index in [0.717, 1.165) is 24.2 Å². The Bertz CT molecular complexity index is 700. The second kappa shape index (κ2) is 8.91. The maximum atomic E-state index is 12.6. The highest BCUT2D eigenvalue weighted by Crippen LogP contribution is 2.26. The summed E-state index contributed by atoms with van der Waals surface area (Å²) in [6, 6.07) is 2.31. The molecule has 2 heterocycles. The zero-order chi connectivity index (χ0) is 20.3. The lowest BCUT2D eigenvalue weighted by Crippen LogP contribution is -2.58. The number of urea groups is 1. The number of nitrogens with one attached hydrogen (secondary N) is 1. The zero-order valence-electron chi connectivity index (χ0n) is 16.9. The largest absolute Gasteiger partial charge is 0.480 e. The Morgan fingerprint density at radius 1 is 1.39 bits per heavy atom. The van der Waals surface area contributed by atoms with Crippen molar-refractivity contribution in [2.45, 2.75) is 58.3 Å². The number of aromatic nitrogens is 2. The molecule has 9 nitrogen and oxygen atoms in total. The van der Waals surface area contributed by atoms with Gasteiger partial charge in [-0.15, -0.1) is 0 Å². The fourth-order valence-corrected chi connectivity index (χ4v) is 4.01. The molecule has 28 heavy (non-hydrogen) atoms. The summed E-state index contributed by atoms with van der Waals surface area (Å²) < 4.78 is 7.76. The summed E-state index contributed by atoms with van der Waals surface area (Å²) in [6.07, 6.45) is 1.52. The molecule has 2 fully saturated rings. The minimum atomic E-state index is -0.809. The third-order valence-electron chi connectivity index (χ3n) is 5.61. The molecule has 1 atom stereocenters. The monoisotopic (exact) mass is 393 g/mol. The van der Waals surface area contributed by atoms with Crippen LogP contribution in [0.15, 0.2) is 6.07 Å². The van der Waals surface area contributed by atoms with Gasteiger partial charge in [-0.3, -0.25) is 14.4 Å². The van der Waals surface area contributed by atoms with Crippen LogP contribution in [0.3, 0.4) is 0 Å². The van der Waals surface area contributed by atoms with Gasteiger partial charge in [0, 0.05) is 24.3 Å². The third-order valence-corrected chi connectivity index (χ3v) is 5.61. The fourth-order valence-electron chi connectivity index (χ4n) is 4.01. The SMILES string of the molecule is CCN(CC(=O)O)C1CC(NC(=O)N2CCOC(Cn3nc(C)cc3C)C2)C1. The molecule has 0 bridgehead atoms. The quantitative estimate of drug-likeness (QED) is 0.712. The van der Waals surface area contributed by atoms with Crippen molar-refractivity contribution in [3.05, 3.63) is 17.5 Å². The first-order chi connectivity index (χ1) is 13.4. The van der Waals surface area contributed by atoms with Gasteiger partial charge in [-0.2, -0.15) is 5.10 Å². The van der Waals surface area contributed by atoms with Gasteiger partial charge in [-0.05, 0) is 39.3 Å². The predicted molar refractivity (Wildman–Crippen MR) is 103 cm³/mol. The standard InChI is InChI=1S/C19H31N5O4/c1-4-22(12-18(25)26)16-8-15(9-16)20-19(27)23-5-6-28-17(10-23)11-24-14(3)7-13(2)21-24/h7,15-17H,4-6,8-12H2,1-3H3,(H,20,27)(H,25,26). The van der Waals surface area contributed by atoms with Crippen LogP contribution in [0, 0.1) is 13.8 Å². The van der Waals surface area contributed by atoms with E-state index in [0.29, 0.717) is 32.8 Å². The second-order valence-corrected chi connectivity index (χ2v) is 7.78. The molecule has 1 saturated carbocycles.